The van der Waals surface area contributed by atoms with Crippen molar-refractivity contribution in [3.8, 4) is 0 Å². The lowest BCUT2D eigenvalue weighted by atomic mass is 10.1. The van der Waals surface area contributed by atoms with Crippen LogP contribution in [-0.2, 0) is 12.7 Å². The van der Waals surface area contributed by atoms with Gasteiger partial charge in [-0.05, 0) is 23.8 Å². The molecule has 27 heavy (non-hydrogen) atoms. The minimum atomic E-state index is -4.40. The summed E-state index contributed by atoms with van der Waals surface area (Å²) in [5.74, 6) is 0. The fourth-order valence-electron chi connectivity index (χ4n) is 3.06. The number of nitrogens with zero attached hydrogens (tertiary/aromatic N) is 2. The summed E-state index contributed by atoms with van der Waals surface area (Å²) in [5, 5.41) is 3.38. The van der Waals surface area contributed by atoms with Crippen LogP contribution in [0.1, 0.15) is 11.1 Å². The summed E-state index contributed by atoms with van der Waals surface area (Å²) < 4.78 is 39.6. The third kappa shape index (κ3) is 4.66. The molecule has 2 aromatic carbocycles. The molecular weight excluding hydrogens is 379 g/mol. The van der Waals surface area contributed by atoms with Gasteiger partial charge in [-0.2, -0.15) is 13.2 Å². The number of nitrogens with one attached hydrogen (secondary N) is 1. The molecule has 2 amide bonds. The summed E-state index contributed by atoms with van der Waals surface area (Å²) in [6.07, 6.45) is -4.40. The van der Waals surface area contributed by atoms with Crippen molar-refractivity contribution in [1.82, 2.24) is 10.2 Å². The molecule has 144 valence electrons. The van der Waals surface area contributed by atoms with E-state index in [1.165, 1.54) is 12.1 Å². The van der Waals surface area contributed by atoms with Gasteiger partial charge >= 0.3 is 12.2 Å². The van der Waals surface area contributed by atoms with E-state index < -0.39 is 11.7 Å². The number of hydrogen-bond donors (Lipinski definition) is 1. The van der Waals surface area contributed by atoms with Gasteiger partial charge in [-0.3, -0.25) is 0 Å². The van der Waals surface area contributed by atoms with Gasteiger partial charge in [0.05, 0.1) is 5.56 Å². The van der Waals surface area contributed by atoms with E-state index in [9.17, 15) is 18.0 Å². The van der Waals surface area contributed by atoms with E-state index in [-0.39, 0.29) is 11.7 Å². The molecule has 3 rings (SSSR count). The summed E-state index contributed by atoms with van der Waals surface area (Å²) in [6, 6.07) is 12.5. The largest absolute Gasteiger partial charge is 0.418 e. The number of benzene rings is 2. The van der Waals surface area contributed by atoms with Gasteiger partial charge in [0.2, 0.25) is 0 Å². The molecule has 1 saturated heterocycles. The standard InChI is InChI=1S/C19H19ClF3N3O/c20-16-7-3-1-5-14(16)13-24-18(27)26-11-9-25(10-12-26)17-8-4-2-6-15(17)19(21,22)23/h1-8H,9-13H2,(H,24,27). The van der Waals surface area contributed by atoms with Crippen molar-refractivity contribution in [2.45, 2.75) is 12.7 Å². The number of piperazine rings is 1. The number of para-hydroxylation sites is 1. The second-order valence-electron chi connectivity index (χ2n) is 6.24. The van der Waals surface area contributed by atoms with Gasteiger partial charge in [-0.1, -0.05) is 41.9 Å². The highest BCUT2D eigenvalue weighted by Crippen LogP contribution is 2.36. The molecule has 0 spiro atoms. The minimum Gasteiger partial charge on any atom is -0.367 e. The van der Waals surface area contributed by atoms with Crippen LogP contribution in [0.5, 0.6) is 0 Å². The first kappa shape index (κ1) is 19.4. The summed E-state index contributed by atoms with van der Waals surface area (Å²) in [6.45, 7) is 1.68. The van der Waals surface area contributed by atoms with Crippen molar-refractivity contribution < 1.29 is 18.0 Å². The Bertz CT molecular complexity index is 805. The average Bonchev–Trinajstić information content (AvgIpc) is 2.66. The van der Waals surface area contributed by atoms with Crippen LogP contribution in [0.3, 0.4) is 0 Å². The monoisotopic (exact) mass is 397 g/mol. The Morgan fingerprint density at radius 2 is 1.63 bits per heavy atom. The maximum atomic E-state index is 13.2. The first-order valence-corrected chi connectivity index (χ1v) is 8.91. The number of carbonyl (C=O) groups excluding carboxylic acids is 1. The molecule has 1 fully saturated rings. The van der Waals surface area contributed by atoms with E-state index in [0.717, 1.165) is 11.6 Å². The van der Waals surface area contributed by atoms with E-state index in [0.29, 0.717) is 37.7 Å². The molecule has 8 heteroatoms. The van der Waals surface area contributed by atoms with Gasteiger partial charge in [0.25, 0.3) is 0 Å². The third-order valence-electron chi connectivity index (χ3n) is 4.50. The maximum absolute atomic E-state index is 13.2. The molecule has 1 N–H and O–H groups in total. The Morgan fingerprint density at radius 3 is 2.30 bits per heavy atom. The number of carbonyl (C=O) groups is 1. The van der Waals surface area contributed by atoms with E-state index >= 15 is 0 Å². The van der Waals surface area contributed by atoms with Crippen molar-refractivity contribution in [3.05, 3.63) is 64.7 Å². The Kier molecular flexibility index (Phi) is 5.79. The zero-order chi connectivity index (χ0) is 19.4. The normalized spacial score (nSPS) is 15.0. The van der Waals surface area contributed by atoms with Crippen LogP contribution in [0, 0.1) is 0 Å². The molecule has 0 bridgehead atoms. The number of rotatable bonds is 3. The van der Waals surface area contributed by atoms with Gasteiger partial charge in [-0.15, -0.1) is 0 Å². The molecule has 1 aliphatic heterocycles. The van der Waals surface area contributed by atoms with Crippen LogP contribution in [0.15, 0.2) is 48.5 Å². The smallest absolute Gasteiger partial charge is 0.367 e. The van der Waals surface area contributed by atoms with Gasteiger partial charge in [0, 0.05) is 43.4 Å². The molecule has 0 aliphatic carbocycles. The third-order valence-corrected chi connectivity index (χ3v) is 4.87. The van der Waals surface area contributed by atoms with Crippen molar-refractivity contribution in [1.29, 1.82) is 0 Å². The van der Waals surface area contributed by atoms with Gasteiger partial charge < -0.3 is 15.1 Å². The molecule has 0 atom stereocenters. The predicted octanol–water partition coefficient (Wildman–Crippen LogP) is 4.39. The first-order chi connectivity index (χ1) is 12.9. The maximum Gasteiger partial charge on any atom is 0.418 e. The molecule has 0 radical (unpaired) electrons. The van der Waals surface area contributed by atoms with Gasteiger partial charge in [-0.25, -0.2) is 4.79 Å². The molecule has 1 aliphatic rings. The molecular formula is C19H19ClF3N3O. The van der Waals surface area contributed by atoms with E-state index in [4.69, 9.17) is 11.6 Å². The summed E-state index contributed by atoms with van der Waals surface area (Å²) >= 11 is 6.07. The Morgan fingerprint density at radius 1 is 1.00 bits per heavy atom. The quantitative estimate of drug-likeness (QED) is 0.833. The first-order valence-electron chi connectivity index (χ1n) is 8.53. The van der Waals surface area contributed by atoms with Crippen LogP contribution in [-0.4, -0.2) is 37.1 Å². The predicted molar refractivity (Wildman–Crippen MR) is 98.9 cm³/mol. The summed E-state index contributed by atoms with van der Waals surface area (Å²) in [4.78, 5) is 15.6. The highest BCUT2D eigenvalue weighted by atomic mass is 35.5. The SMILES string of the molecule is O=C(NCc1ccccc1Cl)N1CCN(c2ccccc2C(F)(F)F)CC1. The Balaban J connectivity index is 1.58. The Hall–Kier alpha value is -2.41. The lowest BCUT2D eigenvalue weighted by Crippen LogP contribution is -2.52. The second-order valence-corrected chi connectivity index (χ2v) is 6.65. The Labute approximate surface area is 160 Å². The van der Waals surface area contributed by atoms with E-state index in [1.54, 1.807) is 21.9 Å². The van der Waals surface area contributed by atoms with Crippen LogP contribution in [0.2, 0.25) is 5.02 Å². The molecule has 1 heterocycles. The van der Waals surface area contributed by atoms with Crippen molar-refractivity contribution in [2.75, 3.05) is 31.1 Å². The lowest BCUT2D eigenvalue weighted by Gasteiger charge is -2.37. The van der Waals surface area contributed by atoms with Crippen molar-refractivity contribution in [3.63, 3.8) is 0 Å². The number of hydrogen-bond acceptors (Lipinski definition) is 2. The van der Waals surface area contributed by atoms with Crippen LogP contribution in [0.4, 0.5) is 23.7 Å². The molecule has 0 aromatic heterocycles. The number of anilines is 1. The average molecular weight is 398 g/mol. The topological polar surface area (TPSA) is 35.6 Å². The molecule has 4 nitrogen and oxygen atoms in total. The fraction of sp³-hybridized carbons (Fsp3) is 0.316. The molecule has 2 aromatic rings. The molecule has 0 unspecified atom stereocenters. The minimum absolute atomic E-state index is 0.154. The zero-order valence-electron chi connectivity index (χ0n) is 14.5. The number of halogens is 4. The summed E-state index contributed by atoms with van der Waals surface area (Å²) in [5.41, 5.74) is 0.313. The highest BCUT2D eigenvalue weighted by Gasteiger charge is 2.35. The van der Waals surface area contributed by atoms with Gasteiger partial charge in [0.1, 0.15) is 0 Å². The van der Waals surface area contributed by atoms with Crippen molar-refractivity contribution in [2.24, 2.45) is 0 Å². The zero-order valence-corrected chi connectivity index (χ0v) is 15.2. The fourth-order valence-corrected chi connectivity index (χ4v) is 3.27. The van der Waals surface area contributed by atoms with Crippen LogP contribution >= 0.6 is 11.6 Å². The number of alkyl halides is 3. The van der Waals surface area contributed by atoms with Crippen molar-refractivity contribution >= 4 is 23.3 Å². The van der Waals surface area contributed by atoms with Crippen LogP contribution < -0.4 is 10.2 Å². The van der Waals surface area contributed by atoms with E-state index in [2.05, 4.69) is 5.32 Å². The number of amides is 2. The highest BCUT2D eigenvalue weighted by molar-refractivity contribution is 6.31. The number of urea groups is 1. The van der Waals surface area contributed by atoms with Gasteiger partial charge in [0.15, 0.2) is 0 Å². The molecule has 0 saturated carbocycles. The van der Waals surface area contributed by atoms with E-state index in [1.807, 2.05) is 18.2 Å². The lowest BCUT2D eigenvalue weighted by molar-refractivity contribution is -0.137. The second kappa shape index (κ2) is 8.08. The summed E-state index contributed by atoms with van der Waals surface area (Å²) in [7, 11) is 0. The van der Waals surface area contributed by atoms with Crippen LogP contribution in [0.25, 0.3) is 0 Å².